The van der Waals surface area contributed by atoms with Gasteiger partial charge in [-0.2, -0.15) is 0 Å². The van der Waals surface area contributed by atoms with Crippen molar-refractivity contribution in [1.29, 1.82) is 0 Å². The highest BCUT2D eigenvalue weighted by Gasteiger charge is 2.20. The number of nitrogen functional groups attached to an aromatic ring is 1. The van der Waals surface area contributed by atoms with Crippen LogP contribution in [0.5, 0.6) is 0 Å². The molecule has 8 heteroatoms. The lowest BCUT2D eigenvalue weighted by Crippen LogP contribution is -2.47. The summed E-state index contributed by atoms with van der Waals surface area (Å²) in [5.74, 6) is 5.08. The van der Waals surface area contributed by atoms with Gasteiger partial charge in [-0.25, -0.2) is 0 Å². The van der Waals surface area contributed by atoms with Gasteiger partial charge in [-0.1, -0.05) is 0 Å². The van der Waals surface area contributed by atoms with Gasteiger partial charge in [0.05, 0.1) is 10.6 Å². The van der Waals surface area contributed by atoms with Gasteiger partial charge in [0, 0.05) is 23.4 Å². The molecule has 0 spiro atoms. The fourth-order valence-corrected chi connectivity index (χ4v) is 1.68. The molecule has 0 aliphatic carbocycles. The van der Waals surface area contributed by atoms with Crippen molar-refractivity contribution in [2.75, 3.05) is 10.7 Å². The van der Waals surface area contributed by atoms with Crippen LogP contribution < -0.4 is 21.9 Å². The second kappa shape index (κ2) is 6.40. The van der Waals surface area contributed by atoms with Crippen LogP contribution >= 0.6 is 0 Å². The number of carbonyl (C=O) groups excluding carboxylic acids is 1. The number of non-ortho nitro benzene ring substituents is 1. The monoisotopic (exact) mass is 295 g/mol. The standard InChI is InChI=1S/C13H21N5O3/c1-8(12(19)16-13(2,3)4)15-9-5-10(17-14)7-11(6-9)18(20)21/h5-8,15,17H,14H2,1-4H3,(H,16,19). The molecule has 1 unspecified atom stereocenters. The number of amides is 1. The molecule has 0 saturated heterocycles. The van der Waals surface area contributed by atoms with Crippen LogP contribution in [-0.2, 0) is 4.79 Å². The molecule has 0 bridgehead atoms. The van der Waals surface area contributed by atoms with Crippen molar-refractivity contribution < 1.29 is 9.72 Å². The summed E-state index contributed by atoms with van der Waals surface area (Å²) in [5.41, 5.74) is 2.72. The molecule has 0 aliphatic heterocycles. The van der Waals surface area contributed by atoms with Gasteiger partial charge in [0.1, 0.15) is 6.04 Å². The summed E-state index contributed by atoms with van der Waals surface area (Å²) in [6.45, 7) is 7.31. The first-order valence-corrected chi connectivity index (χ1v) is 6.47. The van der Waals surface area contributed by atoms with Gasteiger partial charge in [-0.15, -0.1) is 0 Å². The number of carbonyl (C=O) groups is 1. The van der Waals surface area contributed by atoms with Crippen molar-refractivity contribution in [3.63, 3.8) is 0 Å². The van der Waals surface area contributed by atoms with Crippen LogP contribution in [0, 0.1) is 10.1 Å². The smallest absolute Gasteiger partial charge is 0.273 e. The molecule has 0 aliphatic rings. The van der Waals surface area contributed by atoms with Crippen molar-refractivity contribution in [2.45, 2.75) is 39.3 Å². The predicted molar refractivity (Wildman–Crippen MR) is 81.9 cm³/mol. The number of rotatable bonds is 5. The highest BCUT2D eigenvalue weighted by molar-refractivity contribution is 5.85. The van der Waals surface area contributed by atoms with Crippen molar-refractivity contribution >= 4 is 23.0 Å². The van der Waals surface area contributed by atoms with E-state index in [2.05, 4.69) is 16.1 Å². The summed E-state index contributed by atoms with van der Waals surface area (Å²) in [6, 6.07) is 3.71. The Kier molecular flexibility index (Phi) is 5.09. The van der Waals surface area contributed by atoms with Crippen molar-refractivity contribution in [3.05, 3.63) is 28.3 Å². The molecule has 1 rings (SSSR count). The topological polar surface area (TPSA) is 122 Å². The van der Waals surface area contributed by atoms with Crippen LogP contribution in [0.1, 0.15) is 27.7 Å². The second-order valence-electron chi connectivity index (χ2n) is 5.78. The normalized spacial score (nSPS) is 12.4. The van der Waals surface area contributed by atoms with Crippen LogP contribution in [0.15, 0.2) is 18.2 Å². The summed E-state index contributed by atoms with van der Waals surface area (Å²) < 4.78 is 0. The maximum Gasteiger partial charge on any atom is 0.273 e. The molecular formula is C13H21N5O3. The Morgan fingerprint density at radius 2 is 1.86 bits per heavy atom. The summed E-state index contributed by atoms with van der Waals surface area (Å²) in [6.07, 6.45) is 0. The third-order valence-electron chi connectivity index (χ3n) is 2.57. The lowest BCUT2D eigenvalue weighted by molar-refractivity contribution is -0.384. The molecule has 1 amide bonds. The van der Waals surface area contributed by atoms with E-state index in [4.69, 9.17) is 5.84 Å². The van der Waals surface area contributed by atoms with E-state index in [9.17, 15) is 14.9 Å². The van der Waals surface area contributed by atoms with Gasteiger partial charge in [0.15, 0.2) is 0 Å². The molecule has 0 heterocycles. The van der Waals surface area contributed by atoms with Gasteiger partial charge in [-0.3, -0.25) is 20.8 Å². The zero-order valence-electron chi connectivity index (χ0n) is 12.6. The Balaban J connectivity index is 2.89. The molecule has 0 radical (unpaired) electrons. The molecule has 0 aromatic heterocycles. The lowest BCUT2D eigenvalue weighted by Gasteiger charge is -2.24. The third-order valence-corrected chi connectivity index (χ3v) is 2.57. The highest BCUT2D eigenvalue weighted by atomic mass is 16.6. The number of benzene rings is 1. The highest BCUT2D eigenvalue weighted by Crippen LogP contribution is 2.24. The fourth-order valence-electron chi connectivity index (χ4n) is 1.68. The van der Waals surface area contributed by atoms with E-state index in [-0.39, 0.29) is 17.1 Å². The summed E-state index contributed by atoms with van der Waals surface area (Å²) >= 11 is 0. The van der Waals surface area contributed by atoms with E-state index in [0.29, 0.717) is 11.4 Å². The van der Waals surface area contributed by atoms with Crippen LogP contribution in [0.4, 0.5) is 17.1 Å². The van der Waals surface area contributed by atoms with Crippen LogP contribution in [0.3, 0.4) is 0 Å². The zero-order chi connectivity index (χ0) is 16.2. The van der Waals surface area contributed by atoms with Crippen molar-refractivity contribution in [1.82, 2.24) is 5.32 Å². The number of nitrogens with zero attached hydrogens (tertiary/aromatic N) is 1. The first-order valence-electron chi connectivity index (χ1n) is 6.47. The maximum atomic E-state index is 12.0. The quantitative estimate of drug-likeness (QED) is 0.372. The largest absolute Gasteiger partial charge is 0.374 e. The fraction of sp³-hybridized carbons (Fsp3) is 0.462. The summed E-state index contributed by atoms with van der Waals surface area (Å²) in [5, 5.41) is 16.6. The number of nitro groups is 1. The van der Waals surface area contributed by atoms with Crippen LogP contribution in [0.2, 0.25) is 0 Å². The van der Waals surface area contributed by atoms with Crippen molar-refractivity contribution in [2.24, 2.45) is 5.84 Å². The first-order chi connectivity index (χ1) is 9.62. The van der Waals surface area contributed by atoms with E-state index < -0.39 is 11.0 Å². The number of nitro benzene ring substituents is 1. The minimum atomic E-state index is -0.545. The van der Waals surface area contributed by atoms with Crippen LogP contribution in [-0.4, -0.2) is 22.4 Å². The number of hydrogen-bond donors (Lipinski definition) is 4. The van der Waals surface area contributed by atoms with E-state index in [1.807, 2.05) is 20.8 Å². The average Bonchev–Trinajstić information content (AvgIpc) is 2.36. The van der Waals surface area contributed by atoms with E-state index in [1.54, 1.807) is 13.0 Å². The molecule has 8 nitrogen and oxygen atoms in total. The van der Waals surface area contributed by atoms with Gasteiger partial charge in [-0.05, 0) is 33.8 Å². The molecule has 1 aromatic rings. The minimum absolute atomic E-state index is 0.114. The number of anilines is 2. The van der Waals surface area contributed by atoms with Gasteiger partial charge < -0.3 is 16.1 Å². The van der Waals surface area contributed by atoms with Gasteiger partial charge >= 0.3 is 0 Å². The van der Waals surface area contributed by atoms with E-state index in [0.717, 1.165) is 0 Å². The molecule has 5 N–H and O–H groups in total. The Labute approximate surface area is 123 Å². The Morgan fingerprint density at radius 3 is 2.33 bits per heavy atom. The molecule has 21 heavy (non-hydrogen) atoms. The zero-order valence-corrected chi connectivity index (χ0v) is 12.6. The van der Waals surface area contributed by atoms with E-state index in [1.165, 1.54) is 12.1 Å². The Morgan fingerprint density at radius 1 is 1.29 bits per heavy atom. The Bertz CT molecular complexity index is 539. The number of hydrogen-bond acceptors (Lipinski definition) is 6. The lowest BCUT2D eigenvalue weighted by atomic mass is 10.1. The first kappa shape index (κ1) is 16.7. The maximum absolute atomic E-state index is 12.0. The number of hydrazine groups is 1. The number of nitrogens with two attached hydrogens (primary N) is 1. The van der Waals surface area contributed by atoms with Crippen molar-refractivity contribution in [3.8, 4) is 0 Å². The second-order valence-corrected chi connectivity index (χ2v) is 5.78. The Hall–Kier alpha value is -2.35. The summed E-state index contributed by atoms with van der Waals surface area (Å²) in [7, 11) is 0. The molecule has 0 saturated carbocycles. The molecule has 0 fully saturated rings. The summed E-state index contributed by atoms with van der Waals surface area (Å²) in [4.78, 5) is 22.3. The molecular weight excluding hydrogens is 274 g/mol. The SMILES string of the molecule is CC(Nc1cc(NN)cc([N+](=O)[O-])c1)C(=O)NC(C)(C)C. The van der Waals surface area contributed by atoms with E-state index >= 15 is 0 Å². The number of nitrogens with one attached hydrogen (secondary N) is 3. The third kappa shape index (κ3) is 5.27. The van der Waals surface area contributed by atoms with Crippen LogP contribution in [0.25, 0.3) is 0 Å². The molecule has 1 aromatic carbocycles. The average molecular weight is 295 g/mol. The molecule has 116 valence electrons. The van der Waals surface area contributed by atoms with Gasteiger partial charge in [0.2, 0.25) is 5.91 Å². The van der Waals surface area contributed by atoms with Gasteiger partial charge in [0.25, 0.3) is 5.69 Å². The minimum Gasteiger partial charge on any atom is -0.374 e. The molecule has 1 atom stereocenters. The predicted octanol–water partition coefficient (Wildman–Crippen LogP) is 1.60.